The quantitative estimate of drug-likeness (QED) is 0.240. The van der Waals surface area contributed by atoms with E-state index in [0.29, 0.717) is 13.0 Å². The Balaban J connectivity index is 1.53. The van der Waals surface area contributed by atoms with Gasteiger partial charge in [0.2, 0.25) is 11.7 Å². The monoisotopic (exact) mass is 542 g/mol. The molecule has 3 aromatic carbocycles. The van der Waals surface area contributed by atoms with E-state index in [1.54, 1.807) is 6.92 Å². The van der Waals surface area contributed by atoms with Crippen molar-refractivity contribution in [3.05, 3.63) is 96.1 Å². The molecule has 3 aromatic rings. The Labute approximate surface area is 236 Å². The Morgan fingerprint density at radius 3 is 1.80 bits per heavy atom. The van der Waals surface area contributed by atoms with Crippen LogP contribution in [0.1, 0.15) is 44.7 Å². The van der Waals surface area contributed by atoms with Gasteiger partial charge in [-0.05, 0) is 41.0 Å². The lowest BCUT2D eigenvalue weighted by Crippen LogP contribution is -2.55. The number of hydrogen-bond donors (Lipinski definition) is 4. The summed E-state index contributed by atoms with van der Waals surface area (Å²) in [6.45, 7) is 6.09. The Hall–Kier alpha value is -4.46. The molecule has 210 valence electrons. The first kappa shape index (κ1) is 30.1. The zero-order valence-corrected chi connectivity index (χ0v) is 23.3. The second-order valence-corrected chi connectivity index (χ2v) is 10.1. The molecule has 0 aliphatic rings. The van der Waals surface area contributed by atoms with Gasteiger partial charge in [-0.3, -0.25) is 14.4 Å². The largest absolute Gasteiger partial charge is 0.345 e. The summed E-state index contributed by atoms with van der Waals surface area (Å²) in [6, 6.07) is 24.8. The average molecular weight is 543 g/mol. The van der Waals surface area contributed by atoms with Crippen LogP contribution >= 0.6 is 0 Å². The molecule has 4 amide bonds. The topological polar surface area (TPSA) is 116 Å². The van der Waals surface area contributed by atoms with Crippen LogP contribution in [-0.4, -0.2) is 35.7 Å². The van der Waals surface area contributed by atoms with E-state index >= 15 is 0 Å². The third kappa shape index (κ3) is 9.38. The van der Waals surface area contributed by atoms with Crippen LogP contribution in [0.2, 0.25) is 0 Å². The second kappa shape index (κ2) is 15.2. The molecule has 0 spiro atoms. The third-order valence-corrected chi connectivity index (χ3v) is 6.40. The molecule has 0 saturated heterocycles. The molecule has 0 saturated carbocycles. The van der Waals surface area contributed by atoms with Gasteiger partial charge >= 0.3 is 6.03 Å². The first-order valence-corrected chi connectivity index (χ1v) is 13.6. The second-order valence-electron chi connectivity index (χ2n) is 10.1. The number of benzene rings is 3. The zero-order valence-electron chi connectivity index (χ0n) is 23.3. The zero-order chi connectivity index (χ0) is 28.9. The van der Waals surface area contributed by atoms with Gasteiger partial charge in [0.1, 0.15) is 6.04 Å². The van der Waals surface area contributed by atoms with Gasteiger partial charge in [0, 0.05) is 13.1 Å². The highest BCUT2D eigenvalue weighted by Gasteiger charge is 2.29. The van der Waals surface area contributed by atoms with E-state index in [2.05, 4.69) is 21.3 Å². The molecule has 0 fully saturated rings. The van der Waals surface area contributed by atoms with E-state index in [-0.39, 0.29) is 18.9 Å². The van der Waals surface area contributed by atoms with Crippen molar-refractivity contribution in [1.29, 1.82) is 0 Å². The highest BCUT2D eigenvalue weighted by Crippen LogP contribution is 2.19. The Kier molecular flexibility index (Phi) is 11.4. The van der Waals surface area contributed by atoms with Gasteiger partial charge in [-0.25, -0.2) is 4.79 Å². The average Bonchev–Trinajstić information content (AvgIpc) is 2.97. The predicted octanol–water partition coefficient (Wildman–Crippen LogP) is 4.35. The van der Waals surface area contributed by atoms with Crippen LogP contribution in [0.5, 0.6) is 0 Å². The number of amides is 4. The SMILES string of the molecule is CCC(NC(=O)[C@H](CC(C)C)NC(=O)NCc1ccccc1)C(=O)C(=O)NCc1ccc(-c2ccccc2)cc1. The van der Waals surface area contributed by atoms with Gasteiger partial charge in [0.05, 0.1) is 6.04 Å². The van der Waals surface area contributed by atoms with E-state index in [9.17, 15) is 19.2 Å². The van der Waals surface area contributed by atoms with Gasteiger partial charge in [-0.1, -0.05) is 106 Å². The number of carbonyl (C=O) groups is 4. The van der Waals surface area contributed by atoms with Gasteiger partial charge in [-0.15, -0.1) is 0 Å². The van der Waals surface area contributed by atoms with Crippen molar-refractivity contribution in [2.45, 2.75) is 58.8 Å². The number of carbonyl (C=O) groups excluding carboxylic acids is 4. The van der Waals surface area contributed by atoms with Crippen molar-refractivity contribution >= 4 is 23.6 Å². The number of nitrogens with one attached hydrogen (secondary N) is 4. The standard InChI is InChI=1S/C32H38N4O4/c1-4-27(29(37)31(39)33-20-24-15-17-26(18-16-24)25-13-9-6-10-14-25)35-30(38)28(19-22(2)3)36-32(40)34-21-23-11-7-5-8-12-23/h5-18,22,27-28H,4,19-21H2,1-3H3,(H,33,39)(H,35,38)(H2,34,36,40)/t27?,28-/m0/s1. The lowest BCUT2D eigenvalue weighted by Gasteiger charge is -2.23. The molecule has 3 rings (SSSR count). The molecule has 4 N–H and O–H groups in total. The van der Waals surface area contributed by atoms with Crippen LogP contribution in [0, 0.1) is 5.92 Å². The molecule has 8 heteroatoms. The highest BCUT2D eigenvalue weighted by molar-refractivity contribution is 6.38. The van der Waals surface area contributed by atoms with Crippen molar-refractivity contribution in [2.24, 2.45) is 5.92 Å². The van der Waals surface area contributed by atoms with E-state index in [1.807, 2.05) is 98.8 Å². The van der Waals surface area contributed by atoms with Gasteiger partial charge in [0.15, 0.2) is 0 Å². The van der Waals surface area contributed by atoms with E-state index in [0.717, 1.165) is 22.3 Å². The fourth-order valence-electron chi connectivity index (χ4n) is 4.19. The minimum Gasteiger partial charge on any atom is -0.345 e. The summed E-state index contributed by atoms with van der Waals surface area (Å²) in [5.41, 5.74) is 3.92. The molecule has 2 atom stereocenters. The van der Waals surface area contributed by atoms with Crippen molar-refractivity contribution in [2.75, 3.05) is 0 Å². The summed E-state index contributed by atoms with van der Waals surface area (Å²) in [5.74, 6) is -1.90. The molecule has 0 bridgehead atoms. The molecular weight excluding hydrogens is 504 g/mol. The lowest BCUT2D eigenvalue weighted by atomic mass is 10.0. The van der Waals surface area contributed by atoms with Crippen LogP contribution in [-0.2, 0) is 27.5 Å². The van der Waals surface area contributed by atoms with Crippen LogP contribution in [0.3, 0.4) is 0 Å². The van der Waals surface area contributed by atoms with Crippen molar-refractivity contribution in [3.63, 3.8) is 0 Å². The lowest BCUT2D eigenvalue weighted by molar-refractivity contribution is -0.140. The van der Waals surface area contributed by atoms with Gasteiger partial charge in [0.25, 0.3) is 5.91 Å². The smallest absolute Gasteiger partial charge is 0.315 e. The van der Waals surface area contributed by atoms with Gasteiger partial charge in [-0.2, -0.15) is 0 Å². The maximum absolute atomic E-state index is 13.1. The summed E-state index contributed by atoms with van der Waals surface area (Å²) >= 11 is 0. The molecule has 40 heavy (non-hydrogen) atoms. The minimum absolute atomic E-state index is 0.109. The predicted molar refractivity (Wildman–Crippen MR) is 156 cm³/mol. The molecule has 0 aliphatic carbocycles. The van der Waals surface area contributed by atoms with Crippen molar-refractivity contribution in [1.82, 2.24) is 21.3 Å². The Morgan fingerprint density at radius 1 is 0.650 bits per heavy atom. The molecule has 0 aliphatic heterocycles. The van der Waals surface area contributed by atoms with E-state index < -0.39 is 35.7 Å². The van der Waals surface area contributed by atoms with E-state index in [4.69, 9.17) is 0 Å². The first-order chi connectivity index (χ1) is 19.3. The van der Waals surface area contributed by atoms with Crippen LogP contribution in [0.25, 0.3) is 11.1 Å². The Bertz CT molecular complexity index is 1260. The summed E-state index contributed by atoms with van der Waals surface area (Å²) in [5, 5.41) is 10.8. The summed E-state index contributed by atoms with van der Waals surface area (Å²) in [6.07, 6.45) is 0.610. The third-order valence-electron chi connectivity index (χ3n) is 6.40. The number of urea groups is 1. The van der Waals surface area contributed by atoms with Crippen LogP contribution < -0.4 is 21.3 Å². The molecular formula is C32H38N4O4. The summed E-state index contributed by atoms with van der Waals surface area (Å²) in [4.78, 5) is 51.1. The van der Waals surface area contributed by atoms with Crippen molar-refractivity contribution < 1.29 is 19.2 Å². The number of ketones is 1. The van der Waals surface area contributed by atoms with Crippen LogP contribution in [0.15, 0.2) is 84.9 Å². The fraction of sp³-hybridized carbons (Fsp3) is 0.312. The Morgan fingerprint density at radius 2 is 1.20 bits per heavy atom. The molecule has 1 unspecified atom stereocenters. The molecule has 0 heterocycles. The molecule has 8 nitrogen and oxygen atoms in total. The van der Waals surface area contributed by atoms with Crippen molar-refractivity contribution in [3.8, 4) is 11.1 Å². The van der Waals surface area contributed by atoms with Crippen LogP contribution in [0.4, 0.5) is 4.79 Å². The number of hydrogen-bond acceptors (Lipinski definition) is 4. The minimum atomic E-state index is -1.00. The summed E-state index contributed by atoms with van der Waals surface area (Å²) in [7, 11) is 0. The number of Topliss-reactive ketones (excluding diaryl/α,β-unsaturated/α-hetero) is 1. The van der Waals surface area contributed by atoms with E-state index in [1.165, 1.54) is 0 Å². The fourth-order valence-corrected chi connectivity index (χ4v) is 4.19. The maximum Gasteiger partial charge on any atom is 0.315 e. The highest BCUT2D eigenvalue weighted by atomic mass is 16.2. The maximum atomic E-state index is 13.1. The molecule has 0 aromatic heterocycles. The summed E-state index contributed by atoms with van der Waals surface area (Å²) < 4.78 is 0. The molecule has 0 radical (unpaired) electrons. The van der Waals surface area contributed by atoms with Gasteiger partial charge < -0.3 is 21.3 Å². The first-order valence-electron chi connectivity index (χ1n) is 13.6. The normalized spacial score (nSPS) is 12.2. The number of rotatable bonds is 13.